The maximum Gasteiger partial charge on any atom is 0.471 e. The minimum Gasteiger partial charge on any atom is -0.410 e. The zero-order valence-corrected chi connectivity index (χ0v) is 20.0. The Kier molecular flexibility index (Phi) is 6.26. The number of nitrogens with zero attached hydrogens (tertiary/aromatic N) is 2. The molecular weight excluding hydrogens is 433 g/mol. The van der Waals surface area contributed by atoms with Crippen molar-refractivity contribution in [3.05, 3.63) is 28.3 Å². The van der Waals surface area contributed by atoms with Gasteiger partial charge in [0, 0.05) is 26.2 Å². The van der Waals surface area contributed by atoms with Crippen molar-refractivity contribution in [2.24, 2.45) is 0 Å². The molecule has 0 saturated carbocycles. The van der Waals surface area contributed by atoms with Crippen LogP contribution in [0.5, 0.6) is 0 Å². The number of amides is 1. The lowest BCUT2D eigenvalue weighted by molar-refractivity contribution is -0.185. The van der Waals surface area contributed by atoms with Crippen molar-refractivity contribution in [3.63, 3.8) is 0 Å². The maximum absolute atomic E-state index is 12.9. The predicted molar refractivity (Wildman–Crippen MR) is 116 cm³/mol. The minimum atomic E-state index is -4.84. The van der Waals surface area contributed by atoms with Crippen LogP contribution in [-0.2, 0) is 22.1 Å². The molecule has 30 heavy (non-hydrogen) atoms. The highest BCUT2D eigenvalue weighted by atomic mass is 35.5. The Balaban J connectivity index is 1.74. The molecule has 1 aromatic rings. The van der Waals surface area contributed by atoms with E-state index < -0.39 is 20.4 Å². The van der Waals surface area contributed by atoms with Crippen molar-refractivity contribution in [1.29, 1.82) is 0 Å². The van der Waals surface area contributed by atoms with Gasteiger partial charge in [0.15, 0.2) is 8.32 Å². The first kappa shape index (κ1) is 23.4. The molecule has 2 aliphatic rings. The molecule has 0 radical (unpaired) electrons. The van der Waals surface area contributed by atoms with Crippen LogP contribution in [0.2, 0.25) is 23.2 Å². The molecule has 0 spiro atoms. The Labute approximate surface area is 182 Å². The molecule has 1 saturated heterocycles. The van der Waals surface area contributed by atoms with Gasteiger partial charge in [-0.2, -0.15) is 13.2 Å². The fraction of sp³-hybridized carbons (Fsp3) is 0.667. The summed E-state index contributed by atoms with van der Waals surface area (Å²) in [5.74, 6) is -1.77. The maximum atomic E-state index is 12.9. The number of carbonyl (C=O) groups excluding carboxylic acids is 1. The van der Waals surface area contributed by atoms with Gasteiger partial charge in [-0.3, -0.25) is 4.79 Å². The molecule has 0 aromatic heterocycles. The summed E-state index contributed by atoms with van der Waals surface area (Å²) in [6.07, 6.45) is -3.97. The van der Waals surface area contributed by atoms with Crippen LogP contribution >= 0.6 is 11.6 Å². The first-order valence-electron chi connectivity index (χ1n) is 10.3. The Morgan fingerprint density at radius 2 is 1.73 bits per heavy atom. The van der Waals surface area contributed by atoms with Crippen molar-refractivity contribution in [2.45, 2.75) is 64.0 Å². The number of fused-ring (bicyclic) bond motifs is 1. The monoisotopic (exact) mass is 462 g/mol. The molecule has 0 atom stereocenters. The molecule has 1 aromatic carbocycles. The summed E-state index contributed by atoms with van der Waals surface area (Å²) >= 11 is 6.51. The summed E-state index contributed by atoms with van der Waals surface area (Å²) in [7, 11) is -1.87. The van der Waals surface area contributed by atoms with Crippen LogP contribution in [0.3, 0.4) is 0 Å². The van der Waals surface area contributed by atoms with Gasteiger partial charge in [0.25, 0.3) is 0 Å². The topological polar surface area (TPSA) is 32.8 Å². The highest BCUT2D eigenvalue weighted by molar-refractivity contribution is 6.74. The van der Waals surface area contributed by atoms with Crippen molar-refractivity contribution in [2.75, 3.05) is 31.1 Å². The molecule has 2 aliphatic heterocycles. The van der Waals surface area contributed by atoms with E-state index in [1.54, 1.807) is 6.07 Å². The Morgan fingerprint density at radius 1 is 1.13 bits per heavy atom. The number of alkyl halides is 3. The van der Waals surface area contributed by atoms with E-state index in [9.17, 15) is 18.0 Å². The van der Waals surface area contributed by atoms with Crippen LogP contribution in [0, 0.1) is 0 Å². The van der Waals surface area contributed by atoms with E-state index in [1.807, 2.05) is 6.07 Å². The number of halogens is 4. The first-order chi connectivity index (χ1) is 13.7. The van der Waals surface area contributed by atoms with E-state index in [1.165, 1.54) is 0 Å². The average molecular weight is 463 g/mol. The van der Waals surface area contributed by atoms with Crippen molar-refractivity contribution in [1.82, 2.24) is 4.90 Å². The number of hydrogen-bond donors (Lipinski definition) is 0. The largest absolute Gasteiger partial charge is 0.471 e. The summed E-state index contributed by atoms with van der Waals surface area (Å²) in [6.45, 7) is 12.6. The average Bonchev–Trinajstić information content (AvgIpc) is 2.78. The van der Waals surface area contributed by atoms with Crippen LogP contribution in [-0.4, -0.2) is 57.6 Å². The second-order valence-electron chi connectivity index (χ2n) is 9.73. The summed E-state index contributed by atoms with van der Waals surface area (Å²) in [4.78, 5) is 14.7. The number of rotatable bonds is 3. The molecule has 0 unspecified atom stereocenters. The number of carbonyl (C=O) groups is 1. The zero-order valence-electron chi connectivity index (χ0n) is 18.2. The van der Waals surface area contributed by atoms with Gasteiger partial charge >= 0.3 is 12.1 Å². The van der Waals surface area contributed by atoms with Gasteiger partial charge in [-0.15, -0.1) is 0 Å². The summed E-state index contributed by atoms with van der Waals surface area (Å²) in [5, 5.41) is 0.721. The van der Waals surface area contributed by atoms with E-state index in [0.717, 1.165) is 21.7 Å². The smallest absolute Gasteiger partial charge is 0.410 e. The Hall–Kier alpha value is -1.25. The first-order valence-corrected chi connectivity index (χ1v) is 13.6. The Bertz CT molecular complexity index is 818. The van der Waals surface area contributed by atoms with Crippen molar-refractivity contribution >= 4 is 31.5 Å². The van der Waals surface area contributed by atoms with Gasteiger partial charge in [0.2, 0.25) is 0 Å². The highest BCUT2D eigenvalue weighted by Gasteiger charge is 2.44. The third-order valence-corrected chi connectivity index (χ3v) is 11.4. The minimum absolute atomic E-state index is 0.0381. The van der Waals surface area contributed by atoms with E-state index in [-0.39, 0.29) is 24.2 Å². The number of benzene rings is 1. The highest BCUT2D eigenvalue weighted by Crippen LogP contribution is 2.41. The second kappa shape index (κ2) is 8.02. The summed E-state index contributed by atoms with van der Waals surface area (Å²) < 4.78 is 45.0. The molecule has 1 amide bonds. The third kappa shape index (κ3) is 4.65. The molecule has 2 heterocycles. The van der Waals surface area contributed by atoms with Crippen LogP contribution in [0.1, 0.15) is 31.9 Å². The predicted octanol–water partition coefficient (Wildman–Crippen LogP) is 5.04. The van der Waals surface area contributed by atoms with Gasteiger partial charge in [-0.1, -0.05) is 38.4 Å². The van der Waals surface area contributed by atoms with Gasteiger partial charge in [-0.05, 0) is 48.2 Å². The van der Waals surface area contributed by atoms with Gasteiger partial charge < -0.3 is 14.2 Å². The second-order valence-corrected chi connectivity index (χ2v) is 14.9. The lowest BCUT2D eigenvalue weighted by Crippen LogP contribution is -2.58. The molecule has 9 heteroatoms. The SMILES string of the molecule is CC(C)(C)[Si](C)(C)OC1CN(c2c(Cl)ccc3c2CCN(C(=O)C(F)(F)F)CC3)C1. The molecule has 0 bridgehead atoms. The Morgan fingerprint density at radius 3 is 2.30 bits per heavy atom. The lowest BCUT2D eigenvalue weighted by atomic mass is 9.98. The molecule has 4 nitrogen and oxygen atoms in total. The normalized spacial score (nSPS) is 18.7. The standard InChI is InChI=1S/C21H30ClF3N2O2Si/c1-20(2,3)30(4,5)29-15-12-27(13-15)18-16-9-11-26(19(28)21(23,24)25)10-8-14(16)6-7-17(18)22/h6-7,15H,8-13H2,1-5H3. The molecule has 1 fully saturated rings. The summed E-state index contributed by atoms with van der Waals surface area (Å²) in [6, 6.07) is 3.67. The third-order valence-electron chi connectivity index (χ3n) is 6.57. The van der Waals surface area contributed by atoms with Crippen molar-refractivity contribution in [3.8, 4) is 0 Å². The quantitative estimate of drug-likeness (QED) is 0.590. The molecule has 168 valence electrons. The number of hydrogen-bond acceptors (Lipinski definition) is 3. The van der Waals surface area contributed by atoms with Gasteiger partial charge in [-0.25, -0.2) is 0 Å². The van der Waals surface area contributed by atoms with Gasteiger partial charge in [0.1, 0.15) is 0 Å². The number of anilines is 1. The van der Waals surface area contributed by atoms with E-state index >= 15 is 0 Å². The fourth-order valence-electron chi connectivity index (χ4n) is 3.79. The van der Waals surface area contributed by atoms with Crippen LogP contribution in [0.4, 0.5) is 18.9 Å². The van der Waals surface area contributed by atoms with E-state index in [2.05, 4.69) is 38.8 Å². The molecule has 0 aliphatic carbocycles. The van der Waals surface area contributed by atoms with Crippen molar-refractivity contribution < 1.29 is 22.4 Å². The molecule has 0 N–H and O–H groups in total. The van der Waals surface area contributed by atoms with E-state index in [0.29, 0.717) is 31.0 Å². The van der Waals surface area contributed by atoms with E-state index in [4.69, 9.17) is 16.0 Å². The molecular formula is C21H30ClF3N2O2Si. The van der Waals surface area contributed by atoms with Crippen LogP contribution < -0.4 is 4.90 Å². The molecule has 3 rings (SSSR count). The lowest BCUT2D eigenvalue weighted by Gasteiger charge is -2.48. The van der Waals surface area contributed by atoms with Crippen LogP contribution in [0.25, 0.3) is 0 Å². The zero-order chi connectivity index (χ0) is 22.5. The fourth-order valence-corrected chi connectivity index (χ4v) is 5.42. The van der Waals surface area contributed by atoms with Gasteiger partial charge in [0.05, 0.1) is 16.8 Å². The summed E-state index contributed by atoms with van der Waals surface area (Å²) in [5.41, 5.74) is 2.79. The van der Waals surface area contributed by atoms with Crippen LogP contribution in [0.15, 0.2) is 12.1 Å².